The predicted molar refractivity (Wildman–Crippen MR) is 110 cm³/mol. The Morgan fingerprint density at radius 1 is 0.806 bits per heavy atom. The normalized spacial score (nSPS) is 16.7. The third-order valence-corrected chi connectivity index (χ3v) is 5.11. The van der Waals surface area contributed by atoms with Gasteiger partial charge in [-0.05, 0) is 11.8 Å². The smallest absolute Gasteiger partial charge is 0.326 e. The molecule has 0 aromatic heterocycles. The third-order valence-electron chi connectivity index (χ3n) is 5.11. The van der Waals surface area contributed by atoms with E-state index in [1.54, 1.807) is 27.7 Å². The molecule has 178 valence electrons. The van der Waals surface area contributed by atoms with E-state index in [0.717, 1.165) is 0 Å². The molecule has 8 N–H and O–H groups in total. The maximum absolute atomic E-state index is 12.9. The van der Waals surface area contributed by atoms with E-state index in [1.165, 1.54) is 0 Å². The Balaban J connectivity index is 5.60. The van der Waals surface area contributed by atoms with Gasteiger partial charge in [-0.2, -0.15) is 0 Å². The summed E-state index contributed by atoms with van der Waals surface area (Å²) in [6.45, 7) is 6.32. The van der Waals surface area contributed by atoms with Gasteiger partial charge in [-0.25, -0.2) is 4.79 Å². The minimum absolute atomic E-state index is 0.339. The number of carbonyl (C=O) groups is 5. The second-order valence-electron chi connectivity index (χ2n) is 7.53. The zero-order valence-corrected chi connectivity index (χ0v) is 18.3. The van der Waals surface area contributed by atoms with Crippen LogP contribution in [0.3, 0.4) is 0 Å². The summed E-state index contributed by atoms with van der Waals surface area (Å²) >= 11 is 0. The van der Waals surface area contributed by atoms with Gasteiger partial charge in [0.25, 0.3) is 0 Å². The second kappa shape index (κ2) is 13.5. The molecule has 0 heterocycles. The number of aliphatic hydroxyl groups is 1. The number of amides is 3. The lowest BCUT2D eigenvalue weighted by Gasteiger charge is -2.29. The van der Waals surface area contributed by atoms with Crippen LogP contribution in [0.2, 0.25) is 0 Å². The van der Waals surface area contributed by atoms with Gasteiger partial charge in [0.1, 0.15) is 24.2 Å². The van der Waals surface area contributed by atoms with Crippen molar-refractivity contribution >= 4 is 29.7 Å². The molecule has 6 atom stereocenters. The molecule has 31 heavy (non-hydrogen) atoms. The quantitative estimate of drug-likeness (QED) is 0.164. The average Bonchev–Trinajstić information content (AvgIpc) is 2.72. The molecular formula is C19H34N4O8. The maximum atomic E-state index is 12.9. The van der Waals surface area contributed by atoms with Crippen molar-refractivity contribution in [1.82, 2.24) is 16.0 Å². The van der Waals surface area contributed by atoms with Gasteiger partial charge in [0, 0.05) is 0 Å². The molecule has 0 aliphatic carbocycles. The highest BCUT2D eigenvalue weighted by Gasteiger charge is 2.34. The van der Waals surface area contributed by atoms with E-state index >= 15 is 0 Å². The van der Waals surface area contributed by atoms with Crippen molar-refractivity contribution in [2.75, 3.05) is 6.61 Å². The summed E-state index contributed by atoms with van der Waals surface area (Å²) in [4.78, 5) is 59.8. The van der Waals surface area contributed by atoms with Gasteiger partial charge >= 0.3 is 11.9 Å². The largest absolute Gasteiger partial charge is 0.481 e. The number of hydrogen-bond acceptors (Lipinski definition) is 7. The lowest BCUT2D eigenvalue weighted by molar-refractivity contribution is -0.147. The van der Waals surface area contributed by atoms with Crippen LogP contribution in [-0.4, -0.2) is 75.8 Å². The molecule has 0 saturated carbocycles. The maximum Gasteiger partial charge on any atom is 0.326 e. The Morgan fingerprint density at radius 2 is 1.23 bits per heavy atom. The SMILES string of the molecule is CCC(C)C(NC(=O)C(N)CO)C(=O)NC(C(=O)NC(CC(=O)O)C(=O)O)C(C)CC. The Labute approximate surface area is 180 Å². The average molecular weight is 447 g/mol. The number of rotatable bonds is 14. The fourth-order valence-corrected chi connectivity index (χ4v) is 2.63. The predicted octanol–water partition coefficient (Wildman–Crippen LogP) is -1.59. The van der Waals surface area contributed by atoms with Crippen LogP contribution in [0.5, 0.6) is 0 Å². The highest BCUT2D eigenvalue weighted by Crippen LogP contribution is 2.13. The number of carbonyl (C=O) groups excluding carboxylic acids is 3. The summed E-state index contributed by atoms with van der Waals surface area (Å²) in [7, 11) is 0. The fourth-order valence-electron chi connectivity index (χ4n) is 2.63. The number of aliphatic hydroxyl groups excluding tert-OH is 1. The monoisotopic (exact) mass is 446 g/mol. The highest BCUT2D eigenvalue weighted by atomic mass is 16.4. The molecule has 0 fully saturated rings. The number of nitrogens with two attached hydrogens (primary N) is 1. The van der Waals surface area contributed by atoms with Crippen molar-refractivity contribution in [3.63, 3.8) is 0 Å². The van der Waals surface area contributed by atoms with Crippen molar-refractivity contribution in [2.24, 2.45) is 17.6 Å². The van der Waals surface area contributed by atoms with E-state index in [2.05, 4.69) is 16.0 Å². The lowest BCUT2D eigenvalue weighted by atomic mass is 9.94. The van der Waals surface area contributed by atoms with Crippen LogP contribution in [0.25, 0.3) is 0 Å². The lowest BCUT2D eigenvalue weighted by Crippen LogP contribution is -2.60. The zero-order chi connectivity index (χ0) is 24.3. The molecule has 6 unspecified atom stereocenters. The van der Waals surface area contributed by atoms with Crippen molar-refractivity contribution in [3.05, 3.63) is 0 Å². The van der Waals surface area contributed by atoms with Gasteiger partial charge < -0.3 is 37.0 Å². The first kappa shape index (κ1) is 28.3. The standard InChI is InChI=1S/C19H34N4O8/c1-5-9(3)14(17(28)21-12(19(30)31)7-13(25)26)23-18(29)15(10(4)6-2)22-16(27)11(20)8-24/h9-12,14-15,24H,5-8,20H2,1-4H3,(H,21,28)(H,22,27)(H,23,29)(H,25,26)(H,30,31). The fraction of sp³-hybridized carbons (Fsp3) is 0.737. The number of carboxylic acids is 2. The van der Waals surface area contributed by atoms with E-state index < -0.39 is 72.8 Å². The number of carboxylic acid groups (broad SMARTS) is 2. The van der Waals surface area contributed by atoms with Crippen LogP contribution in [0.1, 0.15) is 47.0 Å². The van der Waals surface area contributed by atoms with E-state index in [9.17, 15) is 24.0 Å². The van der Waals surface area contributed by atoms with E-state index in [0.29, 0.717) is 12.8 Å². The molecule has 0 aromatic rings. The first-order valence-corrected chi connectivity index (χ1v) is 10.1. The van der Waals surface area contributed by atoms with Crippen LogP contribution in [0.4, 0.5) is 0 Å². The van der Waals surface area contributed by atoms with Crippen LogP contribution in [0.15, 0.2) is 0 Å². The minimum Gasteiger partial charge on any atom is -0.481 e. The molecule has 0 aliphatic heterocycles. The van der Waals surface area contributed by atoms with Gasteiger partial charge in [-0.1, -0.05) is 40.5 Å². The van der Waals surface area contributed by atoms with Gasteiger partial charge in [0.15, 0.2) is 0 Å². The molecule has 0 aromatic carbocycles. The molecule has 0 saturated heterocycles. The molecule has 0 rings (SSSR count). The van der Waals surface area contributed by atoms with Gasteiger partial charge in [-0.3, -0.25) is 19.2 Å². The first-order chi connectivity index (χ1) is 14.4. The number of aliphatic carboxylic acids is 2. The molecule has 0 radical (unpaired) electrons. The summed E-state index contributed by atoms with van der Waals surface area (Å²) in [6.07, 6.45) is 0.129. The molecule has 0 bridgehead atoms. The number of hydrogen-bond donors (Lipinski definition) is 7. The van der Waals surface area contributed by atoms with Crippen molar-refractivity contribution in [1.29, 1.82) is 0 Å². The van der Waals surface area contributed by atoms with E-state index in [1.807, 2.05) is 0 Å². The first-order valence-electron chi connectivity index (χ1n) is 10.1. The Hall–Kier alpha value is -2.73. The molecule has 12 heteroatoms. The molecular weight excluding hydrogens is 412 g/mol. The Morgan fingerprint density at radius 3 is 1.58 bits per heavy atom. The van der Waals surface area contributed by atoms with E-state index in [-0.39, 0.29) is 5.92 Å². The topological polar surface area (TPSA) is 208 Å². The number of nitrogens with one attached hydrogen (secondary N) is 3. The Kier molecular flexibility index (Phi) is 12.4. The van der Waals surface area contributed by atoms with Gasteiger partial charge in [0.05, 0.1) is 13.0 Å². The summed E-state index contributed by atoms with van der Waals surface area (Å²) in [5.41, 5.74) is 5.49. The molecule has 0 aliphatic rings. The van der Waals surface area contributed by atoms with Crippen molar-refractivity contribution < 1.29 is 39.3 Å². The summed E-state index contributed by atoms with van der Waals surface area (Å²) in [5, 5.41) is 34.2. The van der Waals surface area contributed by atoms with E-state index in [4.69, 9.17) is 21.1 Å². The van der Waals surface area contributed by atoms with Crippen LogP contribution < -0.4 is 21.7 Å². The third kappa shape index (κ3) is 9.30. The second-order valence-corrected chi connectivity index (χ2v) is 7.53. The summed E-state index contributed by atoms with van der Waals surface area (Å²) < 4.78 is 0. The zero-order valence-electron chi connectivity index (χ0n) is 18.3. The molecule has 3 amide bonds. The van der Waals surface area contributed by atoms with Gasteiger partial charge in [0.2, 0.25) is 17.7 Å². The van der Waals surface area contributed by atoms with Crippen molar-refractivity contribution in [3.8, 4) is 0 Å². The summed E-state index contributed by atoms with van der Waals surface area (Å²) in [6, 6.07) is -5.10. The van der Waals surface area contributed by atoms with Crippen LogP contribution in [0, 0.1) is 11.8 Å². The van der Waals surface area contributed by atoms with Crippen LogP contribution in [-0.2, 0) is 24.0 Å². The molecule has 12 nitrogen and oxygen atoms in total. The van der Waals surface area contributed by atoms with Gasteiger partial charge in [-0.15, -0.1) is 0 Å². The summed E-state index contributed by atoms with van der Waals surface area (Å²) in [5.74, 6) is -5.95. The minimum atomic E-state index is -1.67. The van der Waals surface area contributed by atoms with Crippen LogP contribution >= 0.6 is 0 Å². The van der Waals surface area contributed by atoms with Crippen molar-refractivity contribution in [2.45, 2.75) is 71.1 Å². The molecule has 0 spiro atoms. The Bertz CT molecular complexity index is 657. The highest BCUT2D eigenvalue weighted by molar-refractivity contribution is 5.94.